The lowest BCUT2D eigenvalue weighted by atomic mass is 9.79. The number of hydrogen-bond donors (Lipinski definition) is 1. The molecule has 104 valence electrons. The number of rotatable bonds is 3. The topological polar surface area (TPSA) is 70.8 Å². The first-order valence-corrected chi connectivity index (χ1v) is 6.83. The number of thiophene rings is 1. The van der Waals surface area contributed by atoms with E-state index >= 15 is 0 Å². The van der Waals surface area contributed by atoms with Crippen LogP contribution >= 0.6 is 11.3 Å². The molecule has 2 heterocycles. The van der Waals surface area contributed by atoms with Crippen LogP contribution in [-0.4, -0.2) is 31.3 Å². The highest BCUT2D eigenvalue weighted by Gasteiger charge is 2.52. The van der Waals surface area contributed by atoms with Gasteiger partial charge in [-0.1, -0.05) is 11.3 Å². The molecule has 1 aliphatic rings. The van der Waals surface area contributed by atoms with Crippen LogP contribution in [0.15, 0.2) is 6.07 Å². The molecule has 2 N–H and O–H groups in total. The predicted molar refractivity (Wildman–Crippen MR) is 75.1 cm³/mol. The van der Waals surface area contributed by atoms with Crippen molar-refractivity contribution in [2.75, 3.05) is 7.11 Å². The van der Waals surface area contributed by atoms with E-state index < -0.39 is 24.2 Å². The van der Waals surface area contributed by atoms with Gasteiger partial charge in [-0.15, -0.1) is 0 Å². The first kappa shape index (κ1) is 14.4. The van der Waals surface area contributed by atoms with Crippen LogP contribution in [-0.2, 0) is 9.31 Å². The summed E-state index contributed by atoms with van der Waals surface area (Å²) in [7, 11) is 0.942. The third kappa shape index (κ3) is 2.38. The maximum atomic E-state index is 11.5. The van der Waals surface area contributed by atoms with Crippen molar-refractivity contribution in [3.05, 3.63) is 10.9 Å². The summed E-state index contributed by atoms with van der Waals surface area (Å²) in [5.41, 5.74) is 5.11. The summed E-state index contributed by atoms with van der Waals surface area (Å²) in [4.78, 5) is 11.9. The maximum absolute atomic E-state index is 11.5. The Bertz CT molecular complexity index is 496. The molecule has 0 aliphatic carbocycles. The molecule has 0 atom stereocenters. The summed E-state index contributed by atoms with van der Waals surface area (Å²) in [5, 5.41) is 0.610. The molecule has 1 aliphatic heterocycles. The van der Waals surface area contributed by atoms with Crippen LogP contribution in [0.2, 0.25) is 0 Å². The van der Waals surface area contributed by atoms with Crippen molar-refractivity contribution in [1.82, 2.24) is 0 Å². The molecule has 19 heavy (non-hydrogen) atoms. The van der Waals surface area contributed by atoms with Crippen molar-refractivity contribution in [3.63, 3.8) is 0 Å². The maximum Gasteiger partial charge on any atom is 0.496 e. The summed E-state index contributed by atoms with van der Waals surface area (Å²) in [6, 6.07) is 1.74. The Morgan fingerprint density at radius 2 is 1.84 bits per heavy atom. The fraction of sp³-hybridized carbons (Fsp3) is 0.583. The van der Waals surface area contributed by atoms with E-state index in [4.69, 9.17) is 19.8 Å². The molecule has 1 saturated heterocycles. The van der Waals surface area contributed by atoms with Gasteiger partial charge in [-0.05, 0) is 33.8 Å². The average molecular weight is 283 g/mol. The molecule has 2 rings (SSSR count). The van der Waals surface area contributed by atoms with Crippen molar-refractivity contribution >= 4 is 29.8 Å². The van der Waals surface area contributed by atoms with Gasteiger partial charge in [0.15, 0.2) is 5.06 Å². The van der Waals surface area contributed by atoms with E-state index in [9.17, 15) is 4.79 Å². The van der Waals surface area contributed by atoms with Gasteiger partial charge in [-0.3, -0.25) is 4.79 Å². The summed E-state index contributed by atoms with van der Waals surface area (Å²) >= 11 is 1.20. The third-order valence-electron chi connectivity index (χ3n) is 3.67. The van der Waals surface area contributed by atoms with E-state index in [-0.39, 0.29) is 0 Å². The molecule has 5 nitrogen and oxygen atoms in total. The largest absolute Gasteiger partial charge is 0.496 e. The van der Waals surface area contributed by atoms with Crippen molar-refractivity contribution in [3.8, 4) is 5.06 Å². The van der Waals surface area contributed by atoms with E-state index in [1.165, 1.54) is 11.3 Å². The molecule has 1 aromatic heterocycles. The molecule has 1 amide bonds. The van der Waals surface area contributed by atoms with Crippen LogP contribution in [0.1, 0.15) is 37.4 Å². The van der Waals surface area contributed by atoms with E-state index in [0.29, 0.717) is 15.4 Å². The molecule has 1 fully saturated rings. The summed E-state index contributed by atoms with van der Waals surface area (Å²) in [5.74, 6) is -0.502. The SMILES string of the molecule is COc1cc(B2OC(C)(C)C(C)(C)O2)c(C(N)=O)s1. The van der Waals surface area contributed by atoms with Crippen LogP contribution in [0.5, 0.6) is 5.06 Å². The number of hydrogen-bond acceptors (Lipinski definition) is 5. The van der Waals surface area contributed by atoms with Crippen molar-refractivity contribution in [1.29, 1.82) is 0 Å². The minimum Gasteiger partial charge on any atom is -0.487 e. The number of methoxy groups -OCH3 is 1. The minimum atomic E-state index is -0.604. The number of amides is 1. The zero-order valence-corrected chi connectivity index (χ0v) is 12.6. The van der Waals surface area contributed by atoms with Crippen molar-refractivity contribution < 1.29 is 18.8 Å². The molecule has 0 unspecified atom stereocenters. The Morgan fingerprint density at radius 3 is 2.26 bits per heavy atom. The summed E-state index contributed by atoms with van der Waals surface area (Å²) in [6.07, 6.45) is 0. The molecule has 0 spiro atoms. The second-order valence-electron chi connectivity index (χ2n) is 5.51. The number of primary amides is 1. The lowest BCUT2D eigenvalue weighted by molar-refractivity contribution is 0.00578. The molecule has 0 saturated carbocycles. The molecule has 0 aromatic carbocycles. The smallest absolute Gasteiger partial charge is 0.487 e. The van der Waals surface area contributed by atoms with Gasteiger partial charge in [0.05, 0.1) is 23.2 Å². The molecule has 0 bridgehead atoms. The zero-order valence-electron chi connectivity index (χ0n) is 11.8. The van der Waals surface area contributed by atoms with Gasteiger partial charge in [-0.25, -0.2) is 0 Å². The Kier molecular flexibility index (Phi) is 3.41. The highest BCUT2D eigenvalue weighted by Crippen LogP contribution is 2.37. The minimum absolute atomic E-state index is 0.412. The second kappa shape index (κ2) is 4.50. The molecule has 1 aromatic rings. The number of carbonyl (C=O) groups excluding carboxylic acids is 1. The normalized spacial score (nSPS) is 20.6. The van der Waals surface area contributed by atoms with Crippen LogP contribution in [0.4, 0.5) is 0 Å². The van der Waals surface area contributed by atoms with Crippen LogP contribution in [0.25, 0.3) is 0 Å². The first-order chi connectivity index (χ1) is 8.68. The third-order valence-corrected chi connectivity index (χ3v) is 4.80. The van der Waals surface area contributed by atoms with Gasteiger partial charge in [0.1, 0.15) is 0 Å². The number of nitrogens with two attached hydrogens (primary N) is 1. The number of carbonyl (C=O) groups is 1. The van der Waals surface area contributed by atoms with Gasteiger partial charge in [0, 0.05) is 5.46 Å². The van der Waals surface area contributed by atoms with Crippen LogP contribution < -0.4 is 15.9 Å². The monoisotopic (exact) mass is 283 g/mol. The Hall–Kier alpha value is -1.05. The van der Waals surface area contributed by atoms with E-state index in [2.05, 4.69) is 0 Å². The second-order valence-corrected chi connectivity index (χ2v) is 6.52. The lowest BCUT2D eigenvalue weighted by Gasteiger charge is -2.32. The quantitative estimate of drug-likeness (QED) is 0.845. The molecule has 0 radical (unpaired) electrons. The first-order valence-electron chi connectivity index (χ1n) is 6.01. The Balaban J connectivity index is 2.39. The standard InChI is InChI=1S/C12H18BNO4S/c1-11(2)12(3,4)18-13(17-11)7-6-8(16-5)19-9(7)10(14)15/h6H,1-5H3,(H2,14,15). The average Bonchev–Trinajstić information content (AvgIpc) is 2.78. The van der Waals surface area contributed by atoms with E-state index in [1.54, 1.807) is 13.2 Å². The van der Waals surface area contributed by atoms with Crippen LogP contribution in [0.3, 0.4) is 0 Å². The van der Waals surface area contributed by atoms with Gasteiger partial charge >= 0.3 is 7.12 Å². The number of ether oxygens (including phenoxy) is 1. The van der Waals surface area contributed by atoms with Gasteiger partial charge in [-0.2, -0.15) is 0 Å². The van der Waals surface area contributed by atoms with Crippen LogP contribution in [0, 0.1) is 0 Å². The molecular formula is C12H18BNO4S. The Morgan fingerprint density at radius 1 is 1.32 bits per heavy atom. The molecule has 7 heteroatoms. The summed E-state index contributed by atoms with van der Waals surface area (Å²) in [6.45, 7) is 7.84. The highest BCUT2D eigenvalue weighted by molar-refractivity contribution is 7.17. The van der Waals surface area contributed by atoms with Gasteiger partial charge in [0.25, 0.3) is 5.91 Å². The van der Waals surface area contributed by atoms with Gasteiger partial charge < -0.3 is 19.8 Å². The fourth-order valence-electron chi connectivity index (χ4n) is 1.82. The van der Waals surface area contributed by atoms with Crippen molar-refractivity contribution in [2.24, 2.45) is 5.73 Å². The zero-order chi connectivity index (χ0) is 14.4. The lowest BCUT2D eigenvalue weighted by Crippen LogP contribution is -2.41. The Labute approximate surface area is 117 Å². The summed E-state index contributed by atoms with van der Waals surface area (Å²) < 4.78 is 17.0. The van der Waals surface area contributed by atoms with Gasteiger partial charge in [0.2, 0.25) is 0 Å². The van der Waals surface area contributed by atoms with Crippen molar-refractivity contribution in [2.45, 2.75) is 38.9 Å². The van der Waals surface area contributed by atoms with E-state index in [1.807, 2.05) is 27.7 Å². The molecular weight excluding hydrogens is 265 g/mol. The fourth-order valence-corrected chi connectivity index (χ4v) is 2.66. The predicted octanol–water partition coefficient (Wildman–Crippen LogP) is 1.15. The van der Waals surface area contributed by atoms with E-state index in [0.717, 1.165) is 0 Å². The highest BCUT2D eigenvalue weighted by atomic mass is 32.1.